The number of hydrogen-bond acceptors (Lipinski definition) is 3. The number of likely N-dealkylation sites (N-methyl/N-ethyl adjacent to an activating group) is 1. The van der Waals surface area contributed by atoms with Crippen molar-refractivity contribution in [1.82, 2.24) is 15.5 Å². The third kappa shape index (κ3) is 14.3. The van der Waals surface area contributed by atoms with E-state index in [2.05, 4.69) is 41.4 Å². The zero-order chi connectivity index (χ0) is 14.5. The lowest BCUT2D eigenvalue weighted by molar-refractivity contribution is 0.162. The predicted octanol–water partition coefficient (Wildman–Crippen LogP) is 1.78. The normalized spacial score (nSPS) is 11.7. The Labute approximate surface area is 141 Å². The molecule has 122 valence electrons. The topological polar surface area (TPSA) is 48.9 Å². The molecule has 0 rings (SSSR count). The zero-order valence-corrected chi connectivity index (χ0v) is 16.1. The smallest absolute Gasteiger partial charge is 0.191 e. The van der Waals surface area contributed by atoms with Crippen LogP contribution < -0.4 is 10.6 Å². The fourth-order valence-electron chi connectivity index (χ4n) is 1.66. The van der Waals surface area contributed by atoms with Gasteiger partial charge in [-0.2, -0.15) is 0 Å². The molecule has 2 N–H and O–H groups in total. The number of aliphatic imine (C=N–C) groups is 1. The van der Waals surface area contributed by atoms with E-state index in [0.717, 1.165) is 44.7 Å². The summed E-state index contributed by atoms with van der Waals surface area (Å²) in [5.41, 5.74) is 0. The van der Waals surface area contributed by atoms with E-state index in [4.69, 9.17) is 4.74 Å². The second-order valence-corrected chi connectivity index (χ2v) is 5.26. The summed E-state index contributed by atoms with van der Waals surface area (Å²) in [5, 5.41) is 6.66. The molecule has 0 heterocycles. The summed E-state index contributed by atoms with van der Waals surface area (Å²) >= 11 is 0. The zero-order valence-electron chi connectivity index (χ0n) is 13.7. The Kier molecular flexibility index (Phi) is 17.0. The molecule has 0 saturated heterocycles. The molecule has 0 amide bonds. The maximum Gasteiger partial charge on any atom is 0.191 e. The van der Waals surface area contributed by atoms with Crippen LogP contribution >= 0.6 is 24.0 Å². The molecule has 0 aromatic heterocycles. The van der Waals surface area contributed by atoms with Gasteiger partial charge >= 0.3 is 0 Å². The molecule has 0 unspecified atom stereocenters. The molecule has 20 heavy (non-hydrogen) atoms. The first-order valence-electron chi connectivity index (χ1n) is 7.22. The number of nitrogens with one attached hydrogen (secondary N) is 2. The van der Waals surface area contributed by atoms with Crippen molar-refractivity contribution in [3.8, 4) is 0 Å². The lowest BCUT2D eigenvalue weighted by Gasteiger charge is -2.18. The Hall–Kier alpha value is -0.0800. The van der Waals surface area contributed by atoms with Crippen molar-refractivity contribution in [1.29, 1.82) is 0 Å². The van der Waals surface area contributed by atoms with Crippen LogP contribution in [0.4, 0.5) is 0 Å². The highest BCUT2D eigenvalue weighted by atomic mass is 127. The molecule has 0 aromatic rings. The highest BCUT2D eigenvalue weighted by molar-refractivity contribution is 14.0. The Balaban J connectivity index is 0. The number of halogens is 1. The molecule has 0 aliphatic carbocycles. The fraction of sp³-hybridized carbons (Fsp3) is 0.929. The van der Waals surface area contributed by atoms with Crippen LogP contribution in [0.2, 0.25) is 0 Å². The largest absolute Gasteiger partial charge is 0.383 e. The van der Waals surface area contributed by atoms with Crippen LogP contribution in [0.3, 0.4) is 0 Å². The average molecular weight is 400 g/mol. The van der Waals surface area contributed by atoms with Gasteiger partial charge in [0, 0.05) is 40.3 Å². The standard InChI is InChI=1S/C14H32N4O.HI/c1-13(2)7-6-8-16-14(15-3)17-9-10-18(4)11-12-19-5;/h13H,6-12H2,1-5H3,(H2,15,16,17);1H. The van der Waals surface area contributed by atoms with Gasteiger partial charge in [0.25, 0.3) is 0 Å². The minimum atomic E-state index is 0. The maximum atomic E-state index is 5.05. The van der Waals surface area contributed by atoms with E-state index in [9.17, 15) is 0 Å². The molecule has 6 heteroatoms. The van der Waals surface area contributed by atoms with E-state index in [1.807, 2.05) is 7.05 Å². The first kappa shape index (κ1) is 22.2. The van der Waals surface area contributed by atoms with Gasteiger partial charge in [-0.3, -0.25) is 4.99 Å². The van der Waals surface area contributed by atoms with E-state index >= 15 is 0 Å². The molecule has 0 aliphatic rings. The molecular formula is C14H33IN4O. The number of methoxy groups -OCH3 is 1. The van der Waals surface area contributed by atoms with Crippen molar-refractivity contribution in [2.24, 2.45) is 10.9 Å². The molecule has 0 atom stereocenters. The van der Waals surface area contributed by atoms with Gasteiger partial charge in [0.2, 0.25) is 0 Å². The first-order chi connectivity index (χ1) is 9.10. The van der Waals surface area contributed by atoms with Crippen molar-refractivity contribution in [3.63, 3.8) is 0 Å². The Morgan fingerprint density at radius 3 is 2.40 bits per heavy atom. The first-order valence-corrected chi connectivity index (χ1v) is 7.22. The number of ether oxygens (including phenoxy) is 1. The number of nitrogens with zero attached hydrogens (tertiary/aromatic N) is 2. The van der Waals surface area contributed by atoms with Gasteiger partial charge in [0.05, 0.1) is 6.61 Å². The summed E-state index contributed by atoms with van der Waals surface area (Å²) in [7, 11) is 5.64. The second-order valence-electron chi connectivity index (χ2n) is 5.26. The minimum Gasteiger partial charge on any atom is -0.383 e. The van der Waals surface area contributed by atoms with Gasteiger partial charge in [-0.25, -0.2) is 0 Å². The Bertz CT molecular complexity index is 237. The van der Waals surface area contributed by atoms with E-state index in [1.54, 1.807) is 7.11 Å². The van der Waals surface area contributed by atoms with Gasteiger partial charge in [-0.15, -0.1) is 24.0 Å². The van der Waals surface area contributed by atoms with E-state index < -0.39 is 0 Å². The van der Waals surface area contributed by atoms with Gasteiger partial charge in [0.1, 0.15) is 0 Å². The van der Waals surface area contributed by atoms with Crippen LogP contribution in [0.5, 0.6) is 0 Å². The van der Waals surface area contributed by atoms with Crippen LogP contribution in [0.1, 0.15) is 26.7 Å². The summed E-state index contributed by atoms with van der Waals surface area (Å²) in [6.45, 7) is 9.10. The molecule has 0 fully saturated rings. The molecule has 0 aromatic carbocycles. The monoisotopic (exact) mass is 400 g/mol. The summed E-state index contributed by atoms with van der Waals surface area (Å²) < 4.78 is 5.05. The summed E-state index contributed by atoms with van der Waals surface area (Å²) in [6, 6.07) is 0. The lowest BCUT2D eigenvalue weighted by atomic mass is 10.1. The molecular weight excluding hydrogens is 367 g/mol. The number of rotatable bonds is 10. The maximum absolute atomic E-state index is 5.05. The van der Waals surface area contributed by atoms with E-state index in [0.29, 0.717) is 0 Å². The molecule has 0 bridgehead atoms. The quantitative estimate of drug-likeness (QED) is 0.254. The van der Waals surface area contributed by atoms with Gasteiger partial charge in [-0.05, 0) is 25.8 Å². The van der Waals surface area contributed by atoms with Crippen molar-refractivity contribution in [2.45, 2.75) is 26.7 Å². The summed E-state index contributed by atoms with van der Waals surface area (Å²) in [5.74, 6) is 1.66. The molecule has 0 saturated carbocycles. The second kappa shape index (κ2) is 15.3. The van der Waals surface area contributed by atoms with E-state index in [1.165, 1.54) is 12.8 Å². The van der Waals surface area contributed by atoms with Gasteiger partial charge < -0.3 is 20.3 Å². The van der Waals surface area contributed by atoms with Crippen LogP contribution in [0.15, 0.2) is 4.99 Å². The van der Waals surface area contributed by atoms with Crippen LogP contribution in [-0.4, -0.2) is 64.9 Å². The lowest BCUT2D eigenvalue weighted by Crippen LogP contribution is -2.41. The average Bonchev–Trinajstić information content (AvgIpc) is 2.38. The van der Waals surface area contributed by atoms with Crippen molar-refractivity contribution < 1.29 is 4.74 Å². The fourth-order valence-corrected chi connectivity index (χ4v) is 1.66. The van der Waals surface area contributed by atoms with Crippen LogP contribution in [-0.2, 0) is 4.74 Å². The Morgan fingerprint density at radius 2 is 1.85 bits per heavy atom. The molecule has 0 aliphatic heterocycles. The van der Waals surface area contributed by atoms with E-state index in [-0.39, 0.29) is 24.0 Å². The SMILES string of the molecule is CN=C(NCCCC(C)C)NCCN(C)CCOC.I. The molecule has 5 nitrogen and oxygen atoms in total. The predicted molar refractivity (Wildman–Crippen MR) is 98.2 cm³/mol. The molecule has 0 radical (unpaired) electrons. The van der Waals surface area contributed by atoms with Crippen molar-refractivity contribution in [2.75, 3.05) is 54.0 Å². The van der Waals surface area contributed by atoms with Crippen molar-refractivity contribution >= 4 is 29.9 Å². The summed E-state index contributed by atoms with van der Waals surface area (Å²) in [6.07, 6.45) is 2.44. The van der Waals surface area contributed by atoms with Crippen LogP contribution in [0.25, 0.3) is 0 Å². The number of guanidine groups is 1. The minimum absolute atomic E-state index is 0. The highest BCUT2D eigenvalue weighted by Crippen LogP contribution is 2.01. The van der Waals surface area contributed by atoms with Crippen LogP contribution in [0, 0.1) is 5.92 Å². The Morgan fingerprint density at radius 1 is 1.20 bits per heavy atom. The highest BCUT2D eigenvalue weighted by Gasteiger charge is 2.00. The van der Waals surface area contributed by atoms with Crippen molar-refractivity contribution in [3.05, 3.63) is 0 Å². The summed E-state index contributed by atoms with van der Waals surface area (Å²) in [4.78, 5) is 6.45. The van der Waals surface area contributed by atoms with Gasteiger partial charge in [0.15, 0.2) is 5.96 Å². The van der Waals surface area contributed by atoms with Gasteiger partial charge in [-0.1, -0.05) is 13.8 Å². The number of hydrogen-bond donors (Lipinski definition) is 2. The third-order valence-corrected chi connectivity index (χ3v) is 2.94. The third-order valence-electron chi connectivity index (χ3n) is 2.94. The molecule has 0 spiro atoms.